The minimum atomic E-state index is -1.87. The van der Waals surface area contributed by atoms with Crippen molar-refractivity contribution in [2.45, 2.75) is 30.0 Å². The fraction of sp³-hybridized carbons (Fsp3) is 0.417. The van der Waals surface area contributed by atoms with Gasteiger partial charge in [-0.25, -0.2) is 0 Å². The molecule has 0 aliphatic carbocycles. The van der Waals surface area contributed by atoms with Crippen molar-refractivity contribution in [3.8, 4) is 0 Å². The normalized spacial score (nSPS) is 11.5. The summed E-state index contributed by atoms with van der Waals surface area (Å²) < 4.78 is -1.87. The van der Waals surface area contributed by atoms with Crippen LogP contribution in [0.3, 0.4) is 0 Å². The topological polar surface area (TPSA) is 17.1 Å². The van der Waals surface area contributed by atoms with E-state index in [1.807, 2.05) is 12.1 Å². The number of alkyl halides is 3. The maximum Gasteiger partial charge on any atom is 0.253 e. The molecule has 0 aliphatic rings. The van der Waals surface area contributed by atoms with Crippen molar-refractivity contribution in [1.29, 1.82) is 0 Å². The first-order chi connectivity index (χ1) is 7.46. The Bertz CT molecular complexity index is 369. The second-order valence-corrected chi connectivity index (χ2v) is 5.87. The SMILES string of the molecule is CCCCc1ccccc1C(=O)C(Cl)(Cl)Cl. The van der Waals surface area contributed by atoms with Crippen LogP contribution < -0.4 is 0 Å². The van der Waals surface area contributed by atoms with Gasteiger partial charge in [0, 0.05) is 5.56 Å². The quantitative estimate of drug-likeness (QED) is 0.582. The van der Waals surface area contributed by atoms with Crippen LogP contribution in [-0.2, 0) is 6.42 Å². The number of hydrogen-bond acceptors (Lipinski definition) is 1. The molecule has 0 bridgehead atoms. The third-order valence-corrected chi connectivity index (χ3v) is 2.83. The van der Waals surface area contributed by atoms with Crippen LogP contribution in [0, 0.1) is 0 Å². The highest BCUT2D eigenvalue weighted by Crippen LogP contribution is 2.31. The summed E-state index contributed by atoms with van der Waals surface area (Å²) in [4.78, 5) is 11.9. The number of benzene rings is 1. The third kappa shape index (κ3) is 3.65. The Morgan fingerprint density at radius 3 is 2.44 bits per heavy atom. The van der Waals surface area contributed by atoms with Crippen LogP contribution in [0.1, 0.15) is 35.7 Å². The Morgan fingerprint density at radius 2 is 1.88 bits per heavy atom. The molecule has 0 spiro atoms. The Morgan fingerprint density at radius 1 is 1.25 bits per heavy atom. The minimum Gasteiger partial charge on any atom is -0.289 e. The molecule has 4 heteroatoms. The van der Waals surface area contributed by atoms with E-state index in [0.29, 0.717) is 5.56 Å². The molecule has 0 radical (unpaired) electrons. The van der Waals surface area contributed by atoms with E-state index in [4.69, 9.17) is 34.8 Å². The highest BCUT2D eigenvalue weighted by atomic mass is 35.6. The van der Waals surface area contributed by atoms with Crippen molar-refractivity contribution < 1.29 is 4.79 Å². The summed E-state index contributed by atoms with van der Waals surface area (Å²) in [5.41, 5.74) is 1.46. The Kier molecular flexibility index (Phi) is 5.10. The molecule has 0 saturated carbocycles. The standard InChI is InChI=1S/C12H13Cl3O/c1-2-3-6-9-7-4-5-8-10(9)11(16)12(13,14)15/h4-5,7-8H,2-3,6H2,1H3. The first-order valence-electron chi connectivity index (χ1n) is 5.16. The van der Waals surface area contributed by atoms with Gasteiger partial charge in [0.25, 0.3) is 3.79 Å². The minimum absolute atomic E-state index is 0.454. The molecule has 0 amide bonds. The van der Waals surface area contributed by atoms with Crippen molar-refractivity contribution in [3.63, 3.8) is 0 Å². The van der Waals surface area contributed by atoms with Gasteiger partial charge in [0.1, 0.15) is 0 Å². The molecule has 88 valence electrons. The van der Waals surface area contributed by atoms with Gasteiger partial charge in [0.2, 0.25) is 5.78 Å². The summed E-state index contributed by atoms with van der Waals surface area (Å²) in [6.45, 7) is 2.10. The summed E-state index contributed by atoms with van der Waals surface area (Å²) in [7, 11) is 0. The molecular formula is C12H13Cl3O. The summed E-state index contributed by atoms with van der Waals surface area (Å²) >= 11 is 16.8. The van der Waals surface area contributed by atoms with Gasteiger partial charge < -0.3 is 0 Å². The van der Waals surface area contributed by atoms with Crippen molar-refractivity contribution in [1.82, 2.24) is 0 Å². The lowest BCUT2D eigenvalue weighted by Crippen LogP contribution is -2.20. The largest absolute Gasteiger partial charge is 0.289 e. The van der Waals surface area contributed by atoms with Crippen LogP contribution in [-0.4, -0.2) is 9.58 Å². The maximum absolute atomic E-state index is 11.9. The van der Waals surface area contributed by atoms with Gasteiger partial charge in [-0.15, -0.1) is 0 Å². The molecule has 0 aliphatic heterocycles. The lowest BCUT2D eigenvalue weighted by Gasteiger charge is -2.13. The molecule has 16 heavy (non-hydrogen) atoms. The van der Waals surface area contributed by atoms with Crippen molar-refractivity contribution in [3.05, 3.63) is 35.4 Å². The monoisotopic (exact) mass is 278 g/mol. The molecule has 0 fully saturated rings. The smallest absolute Gasteiger partial charge is 0.253 e. The number of aryl methyl sites for hydroxylation is 1. The highest BCUT2D eigenvalue weighted by molar-refractivity contribution is 6.77. The predicted molar refractivity (Wildman–Crippen MR) is 69.7 cm³/mol. The van der Waals surface area contributed by atoms with Gasteiger partial charge in [-0.1, -0.05) is 72.4 Å². The third-order valence-electron chi connectivity index (χ3n) is 2.32. The Hall–Kier alpha value is -0.240. The Balaban J connectivity index is 2.99. The number of unbranched alkanes of at least 4 members (excludes halogenated alkanes) is 1. The fourth-order valence-corrected chi connectivity index (χ4v) is 1.79. The molecule has 0 aromatic heterocycles. The van der Waals surface area contributed by atoms with E-state index in [9.17, 15) is 4.79 Å². The van der Waals surface area contributed by atoms with Gasteiger partial charge >= 0.3 is 0 Å². The van der Waals surface area contributed by atoms with E-state index in [1.54, 1.807) is 12.1 Å². The highest BCUT2D eigenvalue weighted by Gasteiger charge is 2.32. The molecule has 0 atom stereocenters. The van der Waals surface area contributed by atoms with Crippen molar-refractivity contribution >= 4 is 40.6 Å². The zero-order valence-corrected chi connectivity index (χ0v) is 11.2. The van der Waals surface area contributed by atoms with Crippen LogP contribution in [0.5, 0.6) is 0 Å². The van der Waals surface area contributed by atoms with Gasteiger partial charge in [0.15, 0.2) is 0 Å². The van der Waals surface area contributed by atoms with E-state index >= 15 is 0 Å². The lowest BCUT2D eigenvalue weighted by atomic mass is 9.99. The first kappa shape index (κ1) is 13.8. The van der Waals surface area contributed by atoms with Gasteiger partial charge in [-0.2, -0.15) is 0 Å². The van der Waals surface area contributed by atoms with Crippen LogP contribution in [0.15, 0.2) is 24.3 Å². The summed E-state index contributed by atoms with van der Waals surface area (Å²) in [5, 5.41) is 0. The number of hydrogen-bond donors (Lipinski definition) is 0. The van der Waals surface area contributed by atoms with Crippen LogP contribution in [0.25, 0.3) is 0 Å². The van der Waals surface area contributed by atoms with Crippen LogP contribution in [0.2, 0.25) is 0 Å². The summed E-state index contributed by atoms with van der Waals surface area (Å²) in [6, 6.07) is 7.27. The van der Waals surface area contributed by atoms with E-state index in [2.05, 4.69) is 6.92 Å². The lowest BCUT2D eigenvalue weighted by molar-refractivity contribution is 0.0995. The van der Waals surface area contributed by atoms with E-state index < -0.39 is 9.58 Å². The number of Topliss-reactive ketones (excluding diaryl/α,β-unsaturated/α-hetero) is 1. The molecule has 0 saturated heterocycles. The van der Waals surface area contributed by atoms with Gasteiger partial charge in [-0.3, -0.25) is 4.79 Å². The molecule has 1 rings (SSSR count). The van der Waals surface area contributed by atoms with Gasteiger partial charge in [0.05, 0.1) is 0 Å². The van der Waals surface area contributed by atoms with Crippen molar-refractivity contribution in [2.75, 3.05) is 0 Å². The van der Waals surface area contributed by atoms with E-state index in [1.165, 1.54) is 0 Å². The molecule has 0 N–H and O–H groups in total. The average Bonchev–Trinajstić information content (AvgIpc) is 2.24. The summed E-state index contributed by atoms with van der Waals surface area (Å²) in [5.74, 6) is -0.454. The molecule has 1 aromatic carbocycles. The van der Waals surface area contributed by atoms with Crippen LogP contribution in [0.4, 0.5) is 0 Å². The predicted octanol–water partition coefficient (Wildman–Crippen LogP) is 4.58. The molecule has 1 aromatic rings. The average molecular weight is 280 g/mol. The van der Waals surface area contributed by atoms with E-state index in [0.717, 1.165) is 24.8 Å². The van der Waals surface area contributed by atoms with Crippen LogP contribution >= 0.6 is 34.8 Å². The summed E-state index contributed by atoms with van der Waals surface area (Å²) in [6.07, 6.45) is 2.92. The number of rotatable bonds is 4. The van der Waals surface area contributed by atoms with Crippen molar-refractivity contribution in [2.24, 2.45) is 0 Å². The van der Waals surface area contributed by atoms with Gasteiger partial charge in [-0.05, 0) is 18.4 Å². The Labute approximate surface area is 111 Å². The second-order valence-electron chi connectivity index (χ2n) is 3.59. The fourth-order valence-electron chi connectivity index (χ4n) is 1.48. The molecular weight excluding hydrogens is 266 g/mol. The second kappa shape index (κ2) is 5.90. The number of carbonyl (C=O) groups is 1. The molecule has 0 heterocycles. The number of ketones is 1. The molecule has 0 unspecified atom stereocenters. The molecule has 1 nitrogen and oxygen atoms in total. The number of carbonyl (C=O) groups excluding carboxylic acids is 1. The van der Waals surface area contributed by atoms with E-state index in [-0.39, 0.29) is 0 Å². The maximum atomic E-state index is 11.9. The zero-order valence-electron chi connectivity index (χ0n) is 8.97. The number of halogens is 3. The zero-order chi connectivity index (χ0) is 12.2. The first-order valence-corrected chi connectivity index (χ1v) is 6.29.